The number of methoxy groups -OCH3 is 2. The second-order valence-corrected chi connectivity index (χ2v) is 6.43. The third-order valence-corrected chi connectivity index (χ3v) is 4.72. The van der Waals surface area contributed by atoms with Gasteiger partial charge in [0, 0.05) is 24.6 Å². The van der Waals surface area contributed by atoms with Crippen molar-refractivity contribution >= 4 is 17.4 Å². The molecular formula is C17H25ClN2O3. The van der Waals surface area contributed by atoms with Crippen LogP contribution in [-0.4, -0.2) is 56.0 Å². The van der Waals surface area contributed by atoms with Gasteiger partial charge in [-0.3, -0.25) is 4.79 Å². The van der Waals surface area contributed by atoms with E-state index in [-0.39, 0.29) is 17.2 Å². The molecule has 0 bridgehead atoms. The molecule has 0 aliphatic carbocycles. The molecule has 6 heteroatoms. The van der Waals surface area contributed by atoms with Gasteiger partial charge in [0.1, 0.15) is 0 Å². The van der Waals surface area contributed by atoms with Gasteiger partial charge in [-0.15, -0.1) is 11.6 Å². The summed E-state index contributed by atoms with van der Waals surface area (Å²) in [5.41, 5.74) is 6.56. The Morgan fingerprint density at radius 1 is 1.35 bits per heavy atom. The lowest BCUT2D eigenvalue weighted by molar-refractivity contribution is 0.0972. The Balaban J connectivity index is 1.83. The van der Waals surface area contributed by atoms with Crippen molar-refractivity contribution in [3.05, 3.63) is 23.8 Å². The fraction of sp³-hybridized carbons (Fsp3) is 0.588. The number of carbonyl (C=O) groups is 1. The summed E-state index contributed by atoms with van der Waals surface area (Å²) in [5, 5.41) is 0.00491. The summed E-state index contributed by atoms with van der Waals surface area (Å²) in [7, 11) is 3.14. The molecule has 0 aromatic heterocycles. The van der Waals surface area contributed by atoms with Crippen molar-refractivity contribution in [2.24, 2.45) is 5.73 Å². The topological polar surface area (TPSA) is 64.8 Å². The number of benzene rings is 1. The molecule has 0 saturated carbocycles. The molecule has 0 spiro atoms. The van der Waals surface area contributed by atoms with Crippen LogP contribution in [0.15, 0.2) is 18.2 Å². The number of Topliss-reactive ketones (excluding diaryl/α,β-unsaturated/α-hetero) is 1. The van der Waals surface area contributed by atoms with E-state index in [9.17, 15) is 4.79 Å². The predicted octanol–water partition coefficient (Wildman–Crippen LogP) is 2.31. The second-order valence-electron chi connectivity index (χ2n) is 5.87. The summed E-state index contributed by atoms with van der Waals surface area (Å²) in [6.07, 6.45) is 2.23. The van der Waals surface area contributed by atoms with Crippen LogP contribution in [0.3, 0.4) is 0 Å². The van der Waals surface area contributed by atoms with Crippen LogP contribution in [0.1, 0.15) is 29.6 Å². The van der Waals surface area contributed by atoms with Crippen LogP contribution in [0.2, 0.25) is 0 Å². The Morgan fingerprint density at radius 2 is 2.09 bits per heavy atom. The lowest BCUT2D eigenvalue weighted by atomic mass is 10.0. The van der Waals surface area contributed by atoms with Gasteiger partial charge < -0.3 is 20.1 Å². The number of carbonyl (C=O) groups excluding carboxylic acids is 1. The third-order valence-electron chi connectivity index (χ3n) is 4.26. The van der Waals surface area contributed by atoms with E-state index < -0.39 is 0 Å². The van der Waals surface area contributed by atoms with Gasteiger partial charge in [0.2, 0.25) is 0 Å². The molecule has 2 unspecified atom stereocenters. The SMILES string of the molecule is COc1ccc(C(=O)CCCN2CCC(N)C(Cl)C2)cc1OC. The first-order valence-electron chi connectivity index (χ1n) is 7.92. The van der Waals surface area contributed by atoms with Crippen LogP contribution >= 0.6 is 11.6 Å². The summed E-state index contributed by atoms with van der Waals surface area (Å²) >= 11 is 6.20. The zero-order valence-electron chi connectivity index (χ0n) is 13.8. The fourth-order valence-corrected chi connectivity index (χ4v) is 3.13. The minimum absolute atomic E-state index is 0.00491. The van der Waals surface area contributed by atoms with E-state index in [1.54, 1.807) is 32.4 Å². The zero-order valence-corrected chi connectivity index (χ0v) is 14.5. The van der Waals surface area contributed by atoms with Crippen LogP contribution in [0, 0.1) is 0 Å². The number of piperidine rings is 1. The maximum Gasteiger partial charge on any atom is 0.163 e. The van der Waals surface area contributed by atoms with Gasteiger partial charge in [-0.25, -0.2) is 0 Å². The number of ether oxygens (including phenoxy) is 2. The van der Waals surface area contributed by atoms with Crippen LogP contribution in [0.4, 0.5) is 0 Å². The molecule has 1 saturated heterocycles. The maximum absolute atomic E-state index is 12.3. The first kappa shape index (κ1) is 18.0. The number of hydrogen-bond donors (Lipinski definition) is 1. The van der Waals surface area contributed by atoms with Gasteiger partial charge in [0.25, 0.3) is 0 Å². The van der Waals surface area contributed by atoms with Crippen molar-refractivity contribution in [1.29, 1.82) is 0 Å². The Kier molecular flexibility index (Phi) is 6.69. The Morgan fingerprint density at radius 3 is 2.74 bits per heavy atom. The summed E-state index contributed by atoms with van der Waals surface area (Å²) in [6.45, 7) is 2.62. The molecular weight excluding hydrogens is 316 g/mol. The molecule has 1 heterocycles. The average Bonchev–Trinajstić information content (AvgIpc) is 2.57. The summed E-state index contributed by atoms with van der Waals surface area (Å²) in [4.78, 5) is 14.6. The van der Waals surface area contributed by atoms with Gasteiger partial charge >= 0.3 is 0 Å². The van der Waals surface area contributed by atoms with Gasteiger partial charge in [0.05, 0.1) is 19.6 Å². The minimum atomic E-state index is 0.00491. The van der Waals surface area contributed by atoms with Crippen molar-refractivity contribution < 1.29 is 14.3 Å². The highest BCUT2D eigenvalue weighted by molar-refractivity contribution is 6.21. The van der Waals surface area contributed by atoms with Crippen LogP contribution in [-0.2, 0) is 0 Å². The lowest BCUT2D eigenvalue weighted by Crippen LogP contribution is -2.48. The Labute approximate surface area is 142 Å². The largest absolute Gasteiger partial charge is 0.493 e. The van der Waals surface area contributed by atoms with Gasteiger partial charge in [-0.2, -0.15) is 0 Å². The number of halogens is 1. The molecule has 23 heavy (non-hydrogen) atoms. The number of alkyl halides is 1. The van der Waals surface area contributed by atoms with Gasteiger partial charge in [0.15, 0.2) is 17.3 Å². The monoisotopic (exact) mass is 340 g/mol. The molecule has 2 atom stereocenters. The molecule has 1 fully saturated rings. The number of hydrogen-bond acceptors (Lipinski definition) is 5. The van der Waals surface area contributed by atoms with E-state index in [1.807, 2.05) is 0 Å². The number of ketones is 1. The van der Waals surface area contributed by atoms with Crippen molar-refractivity contribution in [1.82, 2.24) is 4.90 Å². The van der Waals surface area contributed by atoms with Gasteiger partial charge in [-0.1, -0.05) is 0 Å². The molecule has 0 amide bonds. The van der Waals surface area contributed by atoms with E-state index in [4.69, 9.17) is 26.8 Å². The Hall–Kier alpha value is -1.30. The van der Waals surface area contributed by atoms with Crippen LogP contribution < -0.4 is 15.2 Å². The van der Waals surface area contributed by atoms with Crippen molar-refractivity contribution in [2.75, 3.05) is 33.9 Å². The maximum atomic E-state index is 12.3. The van der Waals surface area contributed by atoms with Gasteiger partial charge in [-0.05, 0) is 44.1 Å². The standard InChI is InChI=1S/C17H25ClN2O3/c1-22-16-6-5-12(10-17(16)23-2)15(21)4-3-8-20-9-7-14(19)13(18)11-20/h5-6,10,13-14H,3-4,7-9,11,19H2,1-2H3. The predicted molar refractivity (Wildman–Crippen MR) is 91.8 cm³/mol. The Bertz CT molecular complexity index is 539. The number of likely N-dealkylation sites (tertiary alicyclic amines) is 1. The normalized spacial score (nSPS) is 21.9. The molecule has 0 radical (unpaired) electrons. The van der Waals surface area contributed by atoms with Crippen molar-refractivity contribution in [3.63, 3.8) is 0 Å². The quantitative estimate of drug-likeness (QED) is 0.609. The molecule has 1 aromatic carbocycles. The fourth-order valence-electron chi connectivity index (χ4n) is 2.81. The molecule has 1 aliphatic heterocycles. The highest BCUT2D eigenvalue weighted by atomic mass is 35.5. The second kappa shape index (κ2) is 8.52. The highest BCUT2D eigenvalue weighted by Crippen LogP contribution is 2.28. The molecule has 2 rings (SSSR count). The number of rotatable bonds is 7. The minimum Gasteiger partial charge on any atom is -0.493 e. The molecule has 1 aromatic rings. The van der Waals surface area contributed by atoms with Crippen LogP contribution in [0.5, 0.6) is 11.5 Å². The summed E-state index contributed by atoms with van der Waals surface area (Å²) < 4.78 is 10.4. The molecule has 1 aliphatic rings. The number of nitrogens with two attached hydrogens (primary N) is 1. The van der Waals surface area contributed by atoms with E-state index >= 15 is 0 Å². The summed E-state index contributed by atoms with van der Waals surface area (Å²) in [6, 6.07) is 5.35. The molecule has 2 N–H and O–H groups in total. The first-order valence-corrected chi connectivity index (χ1v) is 8.36. The zero-order chi connectivity index (χ0) is 16.8. The number of nitrogens with zero attached hydrogens (tertiary/aromatic N) is 1. The average molecular weight is 341 g/mol. The van der Waals surface area contributed by atoms with Crippen LogP contribution in [0.25, 0.3) is 0 Å². The molecule has 5 nitrogen and oxygen atoms in total. The van der Waals surface area contributed by atoms with Crippen molar-refractivity contribution in [3.8, 4) is 11.5 Å². The first-order chi connectivity index (χ1) is 11.0. The van der Waals surface area contributed by atoms with E-state index in [0.717, 1.165) is 32.5 Å². The highest BCUT2D eigenvalue weighted by Gasteiger charge is 2.24. The molecule has 128 valence electrons. The smallest absolute Gasteiger partial charge is 0.163 e. The lowest BCUT2D eigenvalue weighted by Gasteiger charge is -2.33. The van der Waals surface area contributed by atoms with Crippen molar-refractivity contribution in [2.45, 2.75) is 30.7 Å². The van der Waals surface area contributed by atoms with E-state index in [1.165, 1.54) is 0 Å². The third kappa shape index (κ3) is 4.83. The van der Waals surface area contributed by atoms with E-state index in [0.29, 0.717) is 23.5 Å². The van der Waals surface area contributed by atoms with E-state index in [2.05, 4.69) is 4.90 Å². The summed E-state index contributed by atoms with van der Waals surface area (Å²) in [5.74, 6) is 1.32.